The molecule has 1 aliphatic carbocycles. The third-order valence-corrected chi connectivity index (χ3v) is 34.0. The summed E-state index contributed by atoms with van der Waals surface area (Å²) >= 11 is -9.20. The molecular formula is C23H30I2N2O7. The van der Waals surface area contributed by atoms with Crippen molar-refractivity contribution in [1.29, 1.82) is 0 Å². The number of carbonyl (C=O) groups is 3. The topological polar surface area (TPSA) is 161 Å². The molecule has 0 aromatic heterocycles. The monoisotopic (exact) mass is 700 g/mol. The van der Waals surface area contributed by atoms with Gasteiger partial charge in [-0.05, 0) is 0 Å². The van der Waals surface area contributed by atoms with Gasteiger partial charge in [-0.15, -0.1) is 0 Å². The number of aliphatic hydroxyl groups is 2. The van der Waals surface area contributed by atoms with Crippen molar-refractivity contribution in [2.45, 2.75) is 35.8 Å². The van der Waals surface area contributed by atoms with Crippen LogP contribution in [0, 0.1) is 0 Å². The van der Waals surface area contributed by atoms with Gasteiger partial charge >= 0.3 is 207 Å². The van der Waals surface area contributed by atoms with E-state index in [9.17, 15) is 33.1 Å². The first kappa shape index (κ1) is 25.5. The molecule has 4 atom stereocenters. The number of aliphatic hydroxyl groups excluding tert-OH is 2. The van der Waals surface area contributed by atoms with E-state index in [0.29, 0.717) is 11.1 Å². The molecule has 0 saturated carbocycles. The number of phenolic OH excluding ortho intramolecular Hbond substituents is 1. The van der Waals surface area contributed by atoms with Gasteiger partial charge in [0.25, 0.3) is 0 Å². The minimum absolute atomic E-state index is 0.00535. The molecule has 0 fully saturated rings. The molecule has 1 unspecified atom stereocenters. The number of fused-ring (bicyclic) bond motifs is 1. The number of allylic oxidation sites excluding steroid dienone is 2. The van der Waals surface area contributed by atoms with Crippen molar-refractivity contribution in [2.75, 3.05) is 19.0 Å². The van der Waals surface area contributed by atoms with E-state index in [1.165, 1.54) is 23.9 Å². The van der Waals surface area contributed by atoms with Crippen LogP contribution in [0.25, 0.3) is 0 Å². The van der Waals surface area contributed by atoms with Gasteiger partial charge < -0.3 is 0 Å². The van der Waals surface area contributed by atoms with Crippen LogP contribution in [0.4, 0.5) is 0 Å². The SMILES string of the molecule is C[C@H]1c2ccc(C3C=CCC3)c(O)c2C(=O)I1[C@H](O)I1(C)(O)C(=O)C(C(N)=O)=C(O)[C@H]1N(C)C. The first-order chi connectivity index (χ1) is 15.7. The van der Waals surface area contributed by atoms with Crippen LogP contribution in [0.1, 0.15) is 51.1 Å². The second kappa shape index (κ2) is 8.25. The van der Waals surface area contributed by atoms with E-state index in [0.717, 1.165) is 12.8 Å². The number of primary amides is 1. The van der Waals surface area contributed by atoms with Gasteiger partial charge in [-0.3, -0.25) is 0 Å². The van der Waals surface area contributed by atoms with E-state index in [-0.39, 0.29) is 17.2 Å². The van der Waals surface area contributed by atoms with Crippen LogP contribution in [0.5, 0.6) is 5.75 Å². The summed E-state index contributed by atoms with van der Waals surface area (Å²) in [5, 5.41) is 33.5. The number of likely N-dealkylation sites (N-methyl/N-ethyl adjacent to an activating group) is 1. The number of aromatic hydroxyl groups is 1. The zero-order valence-electron chi connectivity index (χ0n) is 19.3. The van der Waals surface area contributed by atoms with Crippen molar-refractivity contribution in [1.82, 2.24) is 4.90 Å². The van der Waals surface area contributed by atoms with E-state index in [4.69, 9.17) is 5.73 Å². The van der Waals surface area contributed by atoms with Crippen molar-refractivity contribution < 1.29 is 33.1 Å². The van der Waals surface area contributed by atoms with Gasteiger partial charge in [0.05, 0.1) is 0 Å². The third-order valence-electron chi connectivity index (χ3n) is 6.82. The fourth-order valence-electron chi connectivity index (χ4n) is 5.16. The molecule has 188 valence electrons. The second-order valence-corrected chi connectivity index (χ2v) is 29.0. The number of halogens is 2. The molecule has 34 heavy (non-hydrogen) atoms. The van der Waals surface area contributed by atoms with Gasteiger partial charge in [0.1, 0.15) is 0 Å². The summed E-state index contributed by atoms with van der Waals surface area (Å²) in [6, 6.07) is 3.58. The summed E-state index contributed by atoms with van der Waals surface area (Å²) in [6.07, 6.45) is 5.72. The third kappa shape index (κ3) is 3.23. The Kier molecular flexibility index (Phi) is 6.20. The molecule has 6 N–H and O–H groups in total. The van der Waals surface area contributed by atoms with Crippen LogP contribution >= 0.6 is 37.3 Å². The number of rotatable bonds is 5. The first-order valence-corrected chi connectivity index (χ1v) is 20.9. The van der Waals surface area contributed by atoms with E-state index in [1.807, 2.05) is 12.2 Å². The molecule has 1 amide bonds. The molecule has 0 bridgehead atoms. The summed E-state index contributed by atoms with van der Waals surface area (Å²) in [5.41, 5.74) is 6.02. The zero-order chi connectivity index (χ0) is 25.4. The summed E-state index contributed by atoms with van der Waals surface area (Å²) in [5.74, 6) is -1.96. The molecule has 2 heterocycles. The van der Waals surface area contributed by atoms with Crippen molar-refractivity contribution in [3.8, 4) is 5.75 Å². The normalized spacial score (nSPS) is 30.5. The number of carbonyl (C=O) groups excluding carboxylic acids is 3. The Morgan fingerprint density at radius 1 is 1.24 bits per heavy atom. The number of benzene rings is 1. The average Bonchev–Trinajstić information content (AvgIpc) is 3.38. The minimum atomic E-state index is -5.87. The Bertz CT molecular complexity index is 1190. The fourth-order valence-corrected chi connectivity index (χ4v) is 35.1. The number of hydrogen-bond donors (Lipinski definition) is 5. The van der Waals surface area contributed by atoms with Gasteiger partial charge in [-0.25, -0.2) is 0 Å². The fraction of sp³-hybridized carbons (Fsp3) is 0.435. The second-order valence-electron chi connectivity index (χ2n) is 9.21. The Morgan fingerprint density at radius 2 is 1.85 bits per heavy atom. The zero-order valence-corrected chi connectivity index (χ0v) is 23.6. The maximum atomic E-state index is 13.7. The van der Waals surface area contributed by atoms with Crippen molar-refractivity contribution in [3.63, 3.8) is 0 Å². The van der Waals surface area contributed by atoms with E-state index in [1.54, 1.807) is 19.1 Å². The molecule has 9 nitrogen and oxygen atoms in total. The summed E-state index contributed by atoms with van der Waals surface area (Å²) in [6.45, 7) is 1.76. The quantitative estimate of drug-likeness (QED) is 0.0783. The molecule has 3 aliphatic rings. The first-order valence-electron chi connectivity index (χ1n) is 10.6. The molecular weight excluding hydrogens is 670 g/mol. The van der Waals surface area contributed by atoms with Crippen LogP contribution in [-0.2, 0) is 9.59 Å². The Labute approximate surface area is 206 Å². The predicted octanol–water partition coefficient (Wildman–Crippen LogP) is 2.66. The summed E-state index contributed by atoms with van der Waals surface area (Å²) in [4.78, 5) is 41.8. The van der Waals surface area contributed by atoms with Gasteiger partial charge in [0.2, 0.25) is 0 Å². The molecule has 4 rings (SSSR count). The Morgan fingerprint density at radius 3 is 2.38 bits per heavy atom. The Balaban J connectivity index is 1.82. The molecule has 0 saturated heterocycles. The number of nitrogens with two attached hydrogens (primary N) is 1. The summed E-state index contributed by atoms with van der Waals surface area (Å²) < 4.78 is 7.20. The molecule has 0 radical (unpaired) electrons. The van der Waals surface area contributed by atoms with Gasteiger partial charge in [0.15, 0.2) is 0 Å². The number of alkyl halides is 5. The average molecular weight is 700 g/mol. The van der Waals surface area contributed by atoms with Crippen LogP contribution in [0.15, 0.2) is 35.6 Å². The van der Waals surface area contributed by atoms with E-state index < -0.39 is 72.2 Å². The number of hydrogen-bond acceptors (Lipinski definition) is 8. The molecule has 2 aliphatic heterocycles. The van der Waals surface area contributed by atoms with Gasteiger partial charge in [-0.1, -0.05) is 0 Å². The van der Waals surface area contributed by atoms with Crippen molar-refractivity contribution in [2.24, 2.45) is 5.73 Å². The maximum absolute atomic E-state index is 13.7. The van der Waals surface area contributed by atoms with Crippen molar-refractivity contribution in [3.05, 3.63) is 52.3 Å². The van der Waals surface area contributed by atoms with Crippen LogP contribution in [-0.4, -0.2) is 62.3 Å². The molecule has 1 aromatic rings. The van der Waals surface area contributed by atoms with Crippen LogP contribution in [0.3, 0.4) is 0 Å². The number of amides is 1. The molecule has 11 heteroatoms. The number of phenols is 1. The van der Waals surface area contributed by atoms with E-state index in [2.05, 4.69) is 0 Å². The number of nitrogens with zero attached hydrogens (tertiary/aromatic N) is 1. The van der Waals surface area contributed by atoms with Crippen molar-refractivity contribution >= 4 is 50.8 Å². The summed E-state index contributed by atoms with van der Waals surface area (Å²) in [7, 11) is 3.02. The van der Waals surface area contributed by atoms with E-state index >= 15 is 0 Å². The standard InChI is InChI=1S/C23H30I2N2O7/c1-11-13-9-10-14(12-7-5-6-8-12)17(28)15(13)19(30)24(11)23(33)25(2,34)20(27(3)4)18(29)16(21(25)31)22(26)32/h5,7,9-12,20,23,28-29,33-34H,6,8H2,1-4H3,(H2,26,32)/t11-,12?,20+,23-/m0/s1. The molecule has 1 aromatic carbocycles. The van der Waals surface area contributed by atoms with Gasteiger partial charge in [0, 0.05) is 0 Å². The van der Waals surface area contributed by atoms with Crippen LogP contribution < -0.4 is 5.73 Å². The van der Waals surface area contributed by atoms with Gasteiger partial charge in [-0.2, -0.15) is 0 Å². The Hall–Kier alpha value is -1.55. The van der Waals surface area contributed by atoms with Crippen LogP contribution in [0.2, 0.25) is 0 Å². The molecule has 0 spiro atoms. The predicted molar refractivity (Wildman–Crippen MR) is 145 cm³/mol.